The van der Waals surface area contributed by atoms with Crippen molar-refractivity contribution in [1.29, 1.82) is 0 Å². The molecule has 2 rings (SSSR count). The quantitative estimate of drug-likeness (QED) is 0.648. The molecular weight excluding hydrogens is 258 g/mol. The topological polar surface area (TPSA) is 0 Å². The third-order valence-corrected chi connectivity index (χ3v) is 3.57. The van der Waals surface area contributed by atoms with Crippen LogP contribution in [0.25, 0.3) is 11.1 Å². The highest BCUT2D eigenvalue weighted by Gasteiger charge is 2.14. The number of aryl methyl sites for hydroxylation is 2. The second-order valence-electron chi connectivity index (χ2n) is 3.99. The lowest BCUT2D eigenvalue weighted by Crippen LogP contribution is -1.92. The molecule has 0 amide bonds. The van der Waals surface area contributed by atoms with E-state index >= 15 is 0 Å². The normalized spacial score (nSPS) is 10.6. The molecule has 0 spiro atoms. The van der Waals surface area contributed by atoms with Gasteiger partial charge in [-0.25, -0.2) is 4.39 Å². The molecule has 0 saturated heterocycles. The van der Waals surface area contributed by atoms with E-state index in [1.807, 2.05) is 19.1 Å². The Hall–Kier alpha value is -1.05. The first kappa shape index (κ1) is 12.4. The molecule has 3 heteroatoms. The van der Waals surface area contributed by atoms with Crippen LogP contribution in [-0.4, -0.2) is 0 Å². The minimum atomic E-state index is -0.250. The first-order chi connectivity index (χ1) is 8.02. The summed E-state index contributed by atoms with van der Waals surface area (Å²) in [5.41, 5.74) is 2.66. The Bertz CT molecular complexity index is 577. The van der Waals surface area contributed by atoms with Crippen LogP contribution in [-0.2, 0) is 0 Å². The van der Waals surface area contributed by atoms with Crippen LogP contribution in [0.5, 0.6) is 0 Å². The van der Waals surface area contributed by atoms with E-state index in [-0.39, 0.29) is 5.82 Å². The Morgan fingerprint density at radius 2 is 1.65 bits per heavy atom. The smallest absolute Gasteiger partial charge is 0.133 e. The van der Waals surface area contributed by atoms with Gasteiger partial charge in [0.15, 0.2) is 0 Å². The molecule has 0 atom stereocenters. The third kappa shape index (κ3) is 2.18. The van der Waals surface area contributed by atoms with Gasteiger partial charge in [0.1, 0.15) is 5.82 Å². The van der Waals surface area contributed by atoms with Crippen LogP contribution in [0.2, 0.25) is 10.0 Å². The van der Waals surface area contributed by atoms with Crippen LogP contribution in [0.4, 0.5) is 4.39 Å². The van der Waals surface area contributed by atoms with Crippen molar-refractivity contribution < 1.29 is 4.39 Å². The predicted molar refractivity (Wildman–Crippen MR) is 71.3 cm³/mol. The fourth-order valence-electron chi connectivity index (χ4n) is 1.82. The fourth-order valence-corrected chi connectivity index (χ4v) is 2.29. The molecule has 17 heavy (non-hydrogen) atoms. The average molecular weight is 269 g/mol. The third-order valence-electron chi connectivity index (χ3n) is 2.76. The van der Waals surface area contributed by atoms with E-state index < -0.39 is 0 Å². The van der Waals surface area contributed by atoms with Gasteiger partial charge in [0.2, 0.25) is 0 Å². The van der Waals surface area contributed by atoms with Gasteiger partial charge in [0.05, 0.1) is 10.0 Å². The summed E-state index contributed by atoms with van der Waals surface area (Å²) in [5, 5.41) is 0.837. The molecule has 0 radical (unpaired) electrons. The fraction of sp³-hybridized carbons (Fsp3) is 0.143. The Morgan fingerprint density at radius 1 is 0.941 bits per heavy atom. The van der Waals surface area contributed by atoms with Crippen molar-refractivity contribution in [2.45, 2.75) is 13.8 Å². The molecule has 0 unspecified atom stereocenters. The van der Waals surface area contributed by atoms with E-state index in [0.717, 1.165) is 5.56 Å². The van der Waals surface area contributed by atoms with Crippen LogP contribution >= 0.6 is 23.2 Å². The number of hydrogen-bond acceptors (Lipinski definition) is 0. The van der Waals surface area contributed by atoms with E-state index in [4.69, 9.17) is 23.2 Å². The largest absolute Gasteiger partial charge is 0.206 e. The van der Waals surface area contributed by atoms with E-state index in [9.17, 15) is 4.39 Å². The molecule has 0 nitrogen and oxygen atoms in total. The first-order valence-corrected chi connectivity index (χ1v) is 5.98. The molecule has 0 saturated carbocycles. The molecule has 0 fully saturated rings. The standard InChI is InChI=1S/C14H11Cl2F/c1-8-6-7-11(15)13(16)12(8)10-5-3-4-9(2)14(10)17/h3-7H,1-2H3. The van der Waals surface area contributed by atoms with Gasteiger partial charge in [-0.2, -0.15) is 0 Å². The van der Waals surface area contributed by atoms with Crippen LogP contribution in [0.1, 0.15) is 11.1 Å². The highest BCUT2D eigenvalue weighted by atomic mass is 35.5. The lowest BCUT2D eigenvalue weighted by Gasteiger charge is -2.12. The monoisotopic (exact) mass is 268 g/mol. The van der Waals surface area contributed by atoms with Crippen molar-refractivity contribution in [2.75, 3.05) is 0 Å². The average Bonchev–Trinajstić information content (AvgIpc) is 2.30. The summed E-state index contributed by atoms with van der Waals surface area (Å²) in [6.45, 7) is 3.62. The van der Waals surface area contributed by atoms with Gasteiger partial charge in [0, 0.05) is 11.1 Å². The number of benzene rings is 2. The molecule has 0 aromatic heterocycles. The van der Waals surface area contributed by atoms with E-state index in [1.54, 1.807) is 25.1 Å². The molecule has 0 aliphatic carbocycles. The van der Waals surface area contributed by atoms with Gasteiger partial charge in [-0.3, -0.25) is 0 Å². The number of hydrogen-bond donors (Lipinski definition) is 0. The molecule has 88 valence electrons. The van der Waals surface area contributed by atoms with Gasteiger partial charge in [0.25, 0.3) is 0 Å². The summed E-state index contributed by atoms with van der Waals surface area (Å²) in [7, 11) is 0. The van der Waals surface area contributed by atoms with Crippen molar-refractivity contribution in [3.63, 3.8) is 0 Å². The molecule has 0 aliphatic heterocycles. The Labute approximate surface area is 110 Å². The molecule has 0 N–H and O–H groups in total. The van der Waals surface area contributed by atoms with Gasteiger partial charge in [-0.1, -0.05) is 47.5 Å². The minimum Gasteiger partial charge on any atom is -0.206 e. The summed E-state index contributed by atoms with van der Waals surface area (Å²) < 4.78 is 14.1. The summed E-state index contributed by atoms with van der Waals surface area (Å²) in [6, 6.07) is 8.81. The molecule has 0 heterocycles. The zero-order valence-electron chi connectivity index (χ0n) is 9.52. The summed E-state index contributed by atoms with van der Waals surface area (Å²) in [5.74, 6) is -0.250. The number of rotatable bonds is 1. The van der Waals surface area contributed by atoms with Crippen LogP contribution < -0.4 is 0 Å². The Morgan fingerprint density at radius 3 is 2.35 bits per heavy atom. The highest BCUT2D eigenvalue weighted by molar-refractivity contribution is 6.43. The summed E-state index contributed by atoms with van der Waals surface area (Å²) in [4.78, 5) is 0. The van der Waals surface area contributed by atoms with E-state index in [2.05, 4.69) is 0 Å². The van der Waals surface area contributed by atoms with Crippen molar-refractivity contribution >= 4 is 23.2 Å². The molecule has 2 aromatic carbocycles. The summed E-state index contributed by atoms with van der Waals surface area (Å²) in [6.07, 6.45) is 0. The Kier molecular flexibility index (Phi) is 3.41. The van der Waals surface area contributed by atoms with Crippen molar-refractivity contribution in [3.8, 4) is 11.1 Å². The van der Waals surface area contributed by atoms with Gasteiger partial charge in [-0.15, -0.1) is 0 Å². The zero-order chi connectivity index (χ0) is 12.6. The SMILES string of the molecule is Cc1cccc(-c2c(C)ccc(Cl)c2Cl)c1F. The van der Waals surface area contributed by atoms with Crippen molar-refractivity contribution in [2.24, 2.45) is 0 Å². The van der Waals surface area contributed by atoms with Gasteiger partial charge >= 0.3 is 0 Å². The van der Waals surface area contributed by atoms with Crippen LogP contribution in [0.3, 0.4) is 0 Å². The predicted octanol–water partition coefficient (Wildman–Crippen LogP) is 5.42. The second-order valence-corrected chi connectivity index (χ2v) is 4.77. The Balaban J connectivity index is 2.77. The lowest BCUT2D eigenvalue weighted by molar-refractivity contribution is 0.622. The maximum Gasteiger partial charge on any atom is 0.133 e. The van der Waals surface area contributed by atoms with Crippen molar-refractivity contribution in [1.82, 2.24) is 0 Å². The highest BCUT2D eigenvalue weighted by Crippen LogP contribution is 2.37. The van der Waals surface area contributed by atoms with Crippen LogP contribution in [0, 0.1) is 19.7 Å². The van der Waals surface area contributed by atoms with Gasteiger partial charge < -0.3 is 0 Å². The zero-order valence-corrected chi connectivity index (χ0v) is 11.0. The summed E-state index contributed by atoms with van der Waals surface area (Å²) >= 11 is 12.1. The van der Waals surface area contributed by atoms with E-state index in [0.29, 0.717) is 26.7 Å². The molecule has 2 aromatic rings. The maximum atomic E-state index is 14.1. The molecule has 0 bridgehead atoms. The molecular formula is C14H11Cl2F. The number of halogens is 3. The maximum absolute atomic E-state index is 14.1. The van der Waals surface area contributed by atoms with Crippen molar-refractivity contribution in [3.05, 3.63) is 57.3 Å². The van der Waals surface area contributed by atoms with Gasteiger partial charge in [-0.05, 0) is 31.0 Å². The lowest BCUT2D eigenvalue weighted by atomic mass is 9.98. The molecule has 0 aliphatic rings. The second kappa shape index (κ2) is 4.67. The first-order valence-electron chi connectivity index (χ1n) is 5.22. The van der Waals surface area contributed by atoms with E-state index in [1.165, 1.54) is 0 Å². The minimum absolute atomic E-state index is 0.250. The van der Waals surface area contributed by atoms with Crippen LogP contribution in [0.15, 0.2) is 30.3 Å².